The number of likely N-dealkylation sites (tertiary alicyclic amines) is 1. The second-order valence-corrected chi connectivity index (χ2v) is 9.97. The Kier molecular flexibility index (Phi) is 7.33. The number of pyridine rings is 1. The maximum Gasteiger partial charge on any atom is 0.416 e. The number of hydrogen-bond acceptors (Lipinski definition) is 5. The predicted octanol–water partition coefficient (Wildman–Crippen LogP) is 5.60. The quantitative estimate of drug-likeness (QED) is 0.564. The zero-order valence-electron chi connectivity index (χ0n) is 20.2. The average molecular weight is 494 g/mol. The van der Waals surface area contributed by atoms with Gasteiger partial charge in [0.1, 0.15) is 11.9 Å². The lowest BCUT2D eigenvalue weighted by molar-refractivity contribution is -0.144. The van der Waals surface area contributed by atoms with Crippen molar-refractivity contribution in [1.29, 1.82) is 0 Å². The van der Waals surface area contributed by atoms with Crippen LogP contribution in [0.1, 0.15) is 51.8 Å². The number of anilines is 1. The number of rotatable bonds is 5. The highest BCUT2D eigenvalue weighted by molar-refractivity contribution is 5.82. The Labute approximate surface area is 202 Å². The van der Waals surface area contributed by atoms with E-state index in [9.17, 15) is 27.9 Å². The van der Waals surface area contributed by atoms with Crippen LogP contribution >= 0.6 is 0 Å². The standard InChI is InChI=1S/C25H30F3N3O4/c1-14(2)35-23(34)31-20(15-9-7-6-8-10-15)19(18(24(3,4)5)21(31)22(32)33)30-17-13-16(11-12-29-17)25(26,27)28/h6-14,18-21H,1-5H3,(H,29,30)(H,32,33). The summed E-state index contributed by atoms with van der Waals surface area (Å²) in [6.45, 7) is 8.82. The first kappa shape index (κ1) is 26.3. The van der Waals surface area contributed by atoms with E-state index in [1.165, 1.54) is 4.90 Å². The van der Waals surface area contributed by atoms with E-state index in [4.69, 9.17) is 4.74 Å². The summed E-state index contributed by atoms with van der Waals surface area (Å²) in [5, 5.41) is 13.3. The van der Waals surface area contributed by atoms with Crippen LogP contribution in [0.15, 0.2) is 48.7 Å². The molecule has 1 aliphatic heterocycles. The summed E-state index contributed by atoms with van der Waals surface area (Å²) in [5.41, 5.74) is -0.930. The van der Waals surface area contributed by atoms with Crippen LogP contribution in [0.3, 0.4) is 0 Å². The van der Waals surface area contributed by atoms with Crippen LogP contribution in [-0.2, 0) is 15.7 Å². The molecule has 1 amide bonds. The van der Waals surface area contributed by atoms with Gasteiger partial charge >= 0.3 is 18.2 Å². The highest BCUT2D eigenvalue weighted by Gasteiger charge is 2.59. The fraction of sp³-hybridized carbons (Fsp3) is 0.480. The monoisotopic (exact) mass is 493 g/mol. The normalized spacial score (nSPS) is 22.8. The third-order valence-electron chi connectivity index (χ3n) is 6.01. The van der Waals surface area contributed by atoms with Crippen LogP contribution in [0.4, 0.5) is 23.8 Å². The Morgan fingerprint density at radius 3 is 2.26 bits per heavy atom. The predicted molar refractivity (Wildman–Crippen MR) is 124 cm³/mol. The second kappa shape index (κ2) is 9.75. The second-order valence-electron chi connectivity index (χ2n) is 9.97. The van der Waals surface area contributed by atoms with Gasteiger partial charge in [-0.2, -0.15) is 13.2 Å². The van der Waals surface area contributed by atoms with Crippen molar-refractivity contribution in [3.63, 3.8) is 0 Å². The van der Waals surface area contributed by atoms with Crippen molar-refractivity contribution >= 4 is 17.9 Å². The molecule has 2 N–H and O–H groups in total. The Morgan fingerprint density at radius 1 is 1.11 bits per heavy atom. The van der Waals surface area contributed by atoms with Crippen molar-refractivity contribution in [3.05, 3.63) is 59.8 Å². The summed E-state index contributed by atoms with van der Waals surface area (Å²) in [4.78, 5) is 31.1. The molecule has 190 valence electrons. The number of alkyl halides is 3. The number of hydrogen-bond donors (Lipinski definition) is 2. The van der Waals surface area contributed by atoms with Gasteiger partial charge in [0, 0.05) is 12.1 Å². The van der Waals surface area contributed by atoms with Gasteiger partial charge in [0.05, 0.1) is 23.8 Å². The molecule has 2 heterocycles. The number of aromatic nitrogens is 1. The summed E-state index contributed by atoms with van der Waals surface area (Å²) in [6.07, 6.45) is -4.84. The van der Waals surface area contributed by atoms with E-state index < -0.39 is 59.4 Å². The molecular formula is C25H30F3N3O4. The summed E-state index contributed by atoms with van der Waals surface area (Å²) in [5.74, 6) is -2.00. The average Bonchev–Trinajstić information content (AvgIpc) is 3.09. The maximum atomic E-state index is 13.3. The van der Waals surface area contributed by atoms with Crippen LogP contribution in [0.2, 0.25) is 0 Å². The molecule has 1 aromatic carbocycles. The van der Waals surface area contributed by atoms with E-state index in [0.717, 1.165) is 18.3 Å². The number of amides is 1. The number of ether oxygens (including phenoxy) is 1. The van der Waals surface area contributed by atoms with Crippen molar-refractivity contribution in [2.45, 2.75) is 65.0 Å². The van der Waals surface area contributed by atoms with E-state index >= 15 is 0 Å². The summed E-state index contributed by atoms with van der Waals surface area (Å²) >= 11 is 0. The minimum absolute atomic E-state index is 0.0665. The number of carboxylic acid groups (broad SMARTS) is 1. The lowest BCUT2D eigenvalue weighted by atomic mass is 9.72. The molecule has 4 atom stereocenters. The molecule has 7 nitrogen and oxygen atoms in total. The fourth-order valence-electron chi connectivity index (χ4n) is 4.73. The van der Waals surface area contributed by atoms with Crippen molar-refractivity contribution in [2.24, 2.45) is 11.3 Å². The first-order valence-corrected chi connectivity index (χ1v) is 11.3. The van der Waals surface area contributed by atoms with Gasteiger partial charge in [-0.1, -0.05) is 51.1 Å². The number of carbonyl (C=O) groups is 2. The number of aliphatic carboxylic acids is 1. The first-order valence-electron chi connectivity index (χ1n) is 11.3. The summed E-state index contributed by atoms with van der Waals surface area (Å²) in [6, 6.07) is 7.60. The van der Waals surface area contributed by atoms with Gasteiger partial charge in [-0.3, -0.25) is 4.90 Å². The number of carbonyl (C=O) groups excluding carboxylic acids is 1. The number of nitrogens with zero attached hydrogens (tertiary/aromatic N) is 2. The molecule has 35 heavy (non-hydrogen) atoms. The Hall–Kier alpha value is -3.30. The first-order chi connectivity index (χ1) is 16.2. The molecule has 2 aromatic rings. The maximum absolute atomic E-state index is 13.3. The van der Waals surface area contributed by atoms with Crippen LogP contribution in [0, 0.1) is 11.3 Å². The molecule has 3 rings (SSSR count). The zero-order valence-corrected chi connectivity index (χ0v) is 20.2. The highest BCUT2D eigenvalue weighted by Crippen LogP contribution is 2.49. The van der Waals surface area contributed by atoms with E-state index in [2.05, 4.69) is 10.3 Å². The van der Waals surface area contributed by atoms with Gasteiger partial charge in [-0.05, 0) is 37.0 Å². The number of halogens is 3. The smallest absolute Gasteiger partial charge is 0.416 e. The van der Waals surface area contributed by atoms with Gasteiger partial charge in [0.25, 0.3) is 0 Å². The van der Waals surface area contributed by atoms with Crippen LogP contribution in [0.5, 0.6) is 0 Å². The molecule has 0 aliphatic carbocycles. The molecule has 0 saturated carbocycles. The number of nitrogens with one attached hydrogen (secondary N) is 1. The van der Waals surface area contributed by atoms with E-state index in [0.29, 0.717) is 5.56 Å². The third-order valence-corrected chi connectivity index (χ3v) is 6.01. The minimum atomic E-state index is -4.58. The molecule has 1 saturated heterocycles. The van der Waals surface area contributed by atoms with Crippen molar-refractivity contribution in [3.8, 4) is 0 Å². The fourth-order valence-corrected chi connectivity index (χ4v) is 4.73. The Balaban J connectivity index is 2.20. The molecule has 0 spiro atoms. The van der Waals surface area contributed by atoms with Crippen molar-refractivity contribution < 1.29 is 32.6 Å². The lowest BCUT2D eigenvalue weighted by Crippen LogP contribution is -2.47. The molecule has 0 radical (unpaired) electrons. The van der Waals surface area contributed by atoms with Crippen LogP contribution < -0.4 is 5.32 Å². The van der Waals surface area contributed by atoms with Gasteiger partial charge in [-0.15, -0.1) is 0 Å². The van der Waals surface area contributed by atoms with E-state index in [1.807, 2.05) is 20.8 Å². The number of carboxylic acids is 1. The molecule has 0 bridgehead atoms. The van der Waals surface area contributed by atoms with Gasteiger partial charge in [0.2, 0.25) is 0 Å². The largest absolute Gasteiger partial charge is 0.480 e. The van der Waals surface area contributed by atoms with Gasteiger partial charge in [0.15, 0.2) is 0 Å². The minimum Gasteiger partial charge on any atom is -0.480 e. The summed E-state index contributed by atoms with van der Waals surface area (Å²) in [7, 11) is 0. The SMILES string of the molecule is CC(C)OC(=O)N1C(C(=O)O)C(C(C)(C)C)C(Nc2cc(C(F)(F)F)ccn2)C1c1ccccc1. The lowest BCUT2D eigenvalue weighted by Gasteiger charge is -2.35. The van der Waals surface area contributed by atoms with Crippen LogP contribution in [0.25, 0.3) is 0 Å². The summed E-state index contributed by atoms with van der Waals surface area (Å²) < 4.78 is 45.5. The topological polar surface area (TPSA) is 91.8 Å². The van der Waals surface area contributed by atoms with Gasteiger partial charge < -0.3 is 15.2 Å². The van der Waals surface area contributed by atoms with E-state index in [-0.39, 0.29) is 5.82 Å². The molecule has 1 fully saturated rings. The molecule has 1 aromatic heterocycles. The van der Waals surface area contributed by atoms with Crippen molar-refractivity contribution in [2.75, 3.05) is 5.32 Å². The van der Waals surface area contributed by atoms with Crippen LogP contribution in [-0.4, -0.2) is 45.2 Å². The molecule has 4 unspecified atom stereocenters. The van der Waals surface area contributed by atoms with Gasteiger partial charge in [-0.25, -0.2) is 14.6 Å². The Bertz CT molecular complexity index is 1050. The zero-order chi connectivity index (χ0) is 26.1. The Morgan fingerprint density at radius 2 is 1.74 bits per heavy atom. The van der Waals surface area contributed by atoms with Crippen molar-refractivity contribution in [1.82, 2.24) is 9.88 Å². The third kappa shape index (κ3) is 5.68. The molecule has 1 aliphatic rings. The van der Waals surface area contributed by atoms with E-state index in [1.54, 1.807) is 44.2 Å². The highest BCUT2D eigenvalue weighted by atomic mass is 19.4. The molecule has 10 heteroatoms. The number of benzene rings is 1. The molecular weight excluding hydrogens is 463 g/mol.